The van der Waals surface area contributed by atoms with Crippen LogP contribution in [0, 0.1) is 10.8 Å². The Kier molecular flexibility index (Phi) is 22.3. The number of rotatable bonds is 28. The van der Waals surface area contributed by atoms with Gasteiger partial charge in [-0.05, 0) is 107 Å². The lowest BCUT2D eigenvalue weighted by Crippen LogP contribution is -2.35. The molecule has 376 valence electrons. The second-order valence-electron chi connectivity index (χ2n) is 18.5. The number of methoxy groups -OCH3 is 2. The van der Waals surface area contributed by atoms with Gasteiger partial charge in [-0.1, -0.05) is 65.8 Å². The van der Waals surface area contributed by atoms with Gasteiger partial charge in [-0.15, -0.1) is 0 Å². The Balaban J connectivity index is 0.00000208. The van der Waals surface area contributed by atoms with E-state index in [1.165, 1.54) is 29.0 Å². The van der Waals surface area contributed by atoms with Gasteiger partial charge in [0.1, 0.15) is 25.1 Å². The van der Waals surface area contributed by atoms with Crippen molar-refractivity contribution in [2.75, 3.05) is 108 Å². The molecule has 1 heterocycles. The van der Waals surface area contributed by atoms with Gasteiger partial charge in [-0.2, -0.15) is 0 Å². The van der Waals surface area contributed by atoms with E-state index < -0.39 is 0 Å². The number of benzene rings is 3. The minimum absolute atomic E-state index is 0.00390. The molecule has 0 aromatic heterocycles. The first kappa shape index (κ1) is 54.6. The van der Waals surface area contributed by atoms with Crippen molar-refractivity contribution < 1.29 is 71.2 Å². The van der Waals surface area contributed by atoms with Gasteiger partial charge in [0.2, 0.25) is 0 Å². The van der Waals surface area contributed by atoms with Crippen LogP contribution in [0.4, 0.5) is 0 Å². The number of hydrogen-bond donors (Lipinski definition) is 0. The Morgan fingerprint density at radius 3 is 1.82 bits per heavy atom. The summed E-state index contributed by atoms with van der Waals surface area (Å²) in [6.07, 6.45) is 5.56. The van der Waals surface area contributed by atoms with E-state index in [4.69, 9.17) is 61.6 Å². The highest BCUT2D eigenvalue weighted by Crippen LogP contribution is 2.47. The molecule has 0 spiro atoms. The zero-order valence-electron chi connectivity index (χ0n) is 41.5. The quantitative estimate of drug-likeness (QED) is 0.0322. The van der Waals surface area contributed by atoms with Gasteiger partial charge in [-0.3, -0.25) is 9.59 Å². The number of fused-ring (bicyclic) bond motifs is 4. The van der Waals surface area contributed by atoms with E-state index in [-0.39, 0.29) is 84.5 Å². The zero-order chi connectivity index (χ0) is 48.9. The van der Waals surface area contributed by atoms with Crippen LogP contribution in [0.5, 0.6) is 11.5 Å². The highest BCUT2D eigenvalue weighted by molar-refractivity contribution is 6.02. The molecule has 0 saturated heterocycles. The molecule has 3 aromatic rings. The summed E-state index contributed by atoms with van der Waals surface area (Å²) in [6.45, 7) is 18.4. The maximum Gasteiger partial charge on any atom is 0.292 e. The topological polar surface area (TPSA) is 157 Å². The van der Waals surface area contributed by atoms with Crippen molar-refractivity contribution in [3.05, 3.63) is 92.3 Å². The summed E-state index contributed by atoms with van der Waals surface area (Å²) in [5, 5.41) is 2.25. The van der Waals surface area contributed by atoms with E-state index in [9.17, 15) is 4.79 Å². The molecule has 6 rings (SSSR count). The lowest BCUT2D eigenvalue weighted by atomic mass is 9.69. The van der Waals surface area contributed by atoms with Gasteiger partial charge in [-0.25, -0.2) is 0 Å². The Labute approximate surface area is 401 Å². The van der Waals surface area contributed by atoms with Crippen LogP contribution in [-0.2, 0) is 68.1 Å². The fourth-order valence-corrected chi connectivity index (χ4v) is 9.13. The molecule has 0 bridgehead atoms. The van der Waals surface area contributed by atoms with E-state index in [1.807, 2.05) is 30.0 Å². The predicted octanol–water partition coefficient (Wildman–Crippen LogP) is 7.11. The number of nitrogens with zero attached hydrogens (tertiary/aromatic N) is 1. The van der Waals surface area contributed by atoms with Crippen molar-refractivity contribution in [1.29, 1.82) is 0 Å². The predicted molar refractivity (Wildman–Crippen MR) is 253 cm³/mol. The second kappa shape index (κ2) is 27.8. The van der Waals surface area contributed by atoms with E-state index >= 15 is 0 Å². The summed E-state index contributed by atoms with van der Waals surface area (Å²) < 4.78 is 68.2. The first-order valence-corrected chi connectivity index (χ1v) is 23.2. The molecule has 0 saturated carbocycles. The summed E-state index contributed by atoms with van der Waals surface area (Å²) in [5.41, 5.74) is 7.93. The van der Waals surface area contributed by atoms with Crippen LogP contribution in [0.1, 0.15) is 111 Å². The highest BCUT2D eigenvalue weighted by Gasteiger charge is 2.34. The van der Waals surface area contributed by atoms with Crippen molar-refractivity contribution in [1.82, 2.24) is 4.90 Å². The third-order valence-corrected chi connectivity index (χ3v) is 11.8. The van der Waals surface area contributed by atoms with Crippen LogP contribution >= 0.6 is 0 Å². The number of ether oxygens (including phenoxy) is 13. The van der Waals surface area contributed by atoms with Crippen molar-refractivity contribution in [2.24, 2.45) is 10.8 Å². The molecule has 2 aliphatic carbocycles. The molecular formula is C52H73NO15. The monoisotopic (exact) mass is 951 g/mol. The van der Waals surface area contributed by atoms with Gasteiger partial charge in [0.05, 0.1) is 26.9 Å². The van der Waals surface area contributed by atoms with Crippen LogP contribution in [0.25, 0.3) is 11.6 Å². The standard InChI is InChI=1S/C50H69NO13.C2H4O2/c1-9-51(14-15-54-26-56-28-58-30-60-32-62-34-63-33-61-31-59-29-57-27-55-17-16-53-8)48(52)40-13-11-10-12-39(40)47-43-20-41-35(2)22-49(4,5)24-37(41)18-45(43)64-46-19-38-25-50(6,7)23-36(3)42(38)21-44(46)47;1-4-2-3/h10-13,18-21,24,35-36H,9,14-17,22-23,25-34H2,1-8H3;2H,1H3. The van der Waals surface area contributed by atoms with Gasteiger partial charge in [0, 0.05) is 42.1 Å². The molecule has 1 aliphatic heterocycles. The highest BCUT2D eigenvalue weighted by atomic mass is 16.8. The molecule has 3 aliphatic rings. The lowest BCUT2D eigenvalue weighted by molar-refractivity contribution is -0.229. The van der Waals surface area contributed by atoms with E-state index in [0.717, 1.165) is 52.7 Å². The summed E-state index contributed by atoms with van der Waals surface area (Å²) in [5.74, 6) is 2.39. The molecular weight excluding hydrogens is 879 g/mol. The van der Waals surface area contributed by atoms with Crippen molar-refractivity contribution in [3.63, 3.8) is 0 Å². The van der Waals surface area contributed by atoms with Crippen molar-refractivity contribution in [2.45, 2.75) is 79.6 Å². The Bertz CT molecular complexity index is 2180. The Hall–Kier alpha value is -4.30. The lowest BCUT2D eigenvalue weighted by Gasteiger charge is -2.37. The van der Waals surface area contributed by atoms with Crippen molar-refractivity contribution in [3.8, 4) is 11.5 Å². The molecule has 0 radical (unpaired) electrons. The molecule has 68 heavy (non-hydrogen) atoms. The molecule has 3 aromatic carbocycles. The zero-order valence-corrected chi connectivity index (χ0v) is 41.5. The van der Waals surface area contributed by atoms with Gasteiger partial charge in [0.25, 0.3) is 12.4 Å². The van der Waals surface area contributed by atoms with E-state index in [2.05, 4.69) is 82.7 Å². The molecule has 0 N–H and O–H groups in total. The van der Waals surface area contributed by atoms with Crippen LogP contribution in [0.2, 0.25) is 0 Å². The minimum atomic E-state index is -0.0598. The van der Waals surface area contributed by atoms with Crippen LogP contribution in [0.3, 0.4) is 0 Å². The number of likely N-dealkylation sites (N-methyl/N-ethyl adjacent to an activating group) is 1. The third-order valence-electron chi connectivity index (χ3n) is 11.8. The molecule has 2 atom stereocenters. The molecule has 1 amide bonds. The minimum Gasteiger partial charge on any atom is -0.471 e. The summed E-state index contributed by atoms with van der Waals surface area (Å²) in [6, 6.07) is 17.2. The molecule has 16 nitrogen and oxygen atoms in total. The van der Waals surface area contributed by atoms with E-state index in [1.54, 1.807) is 7.11 Å². The number of hydrogen-bond acceptors (Lipinski definition) is 15. The third kappa shape index (κ3) is 16.1. The Morgan fingerprint density at radius 2 is 1.25 bits per heavy atom. The van der Waals surface area contributed by atoms with Gasteiger partial charge in [0.15, 0.2) is 47.6 Å². The molecule has 0 fully saturated rings. The van der Waals surface area contributed by atoms with Crippen LogP contribution in [-0.4, -0.2) is 126 Å². The smallest absolute Gasteiger partial charge is 0.292 e. The SMILES string of the molecule is CCN(CCOCOCOCOCOCOCOCOCOCOCCOC)C(=O)c1ccccc1C1=c2cc3c(cc2Oc2cc4c(cc21)C(C)CC(C)(C)C4)=CC(C)(C)CC3C.COC=O. The van der Waals surface area contributed by atoms with Gasteiger partial charge < -0.3 is 66.5 Å². The molecule has 2 unspecified atom stereocenters. The summed E-state index contributed by atoms with van der Waals surface area (Å²) in [7, 11) is 2.91. The first-order chi connectivity index (χ1) is 32.8. The average molecular weight is 952 g/mol. The first-order valence-electron chi connectivity index (χ1n) is 23.2. The van der Waals surface area contributed by atoms with Gasteiger partial charge >= 0.3 is 0 Å². The van der Waals surface area contributed by atoms with Crippen molar-refractivity contribution >= 4 is 24.0 Å². The number of carbonyl (C=O) groups excluding carboxylic acids is 2. The fourth-order valence-electron chi connectivity index (χ4n) is 9.13. The Morgan fingerprint density at radius 1 is 0.691 bits per heavy atom. The summed E-state index contributed by atoms with van der Waals surface area (Å²) in [4.78, 5) is 25.3. The maximum atomic E-state index is 14.5. The maximum absolute atomic E-state index is 14.5. The van der Waals surface area contributed by atoms with Crippen LogP contribution < -0.4 is 15.2 Å². The number of carbonyl (C=O) groups is 2. The summed E-state index contributed by atoms with van der Waals surface area (Å²) >= 11 is 0. The largest absolute Gasteiger partial charge is 0.471 e. The average Bonchev–Trinajstić information content (AvgIpc) is 3.30. The normalized spacial score (nSPS) is 17.3. The van der Waals surface area contributed by atoms with E-state index in [0.29, 0.717) is 50.2 Å². The second-order valence-corrected chi connectivity index (χ2v) is 18.5. The molecule has 16 heteroatoms. The van der Waals surface area contributed by atoms with Crippen LogP contribution in [0.15, 0.2) is 48.5 Å². The fraction of sp³-hybridized carbons (Fsp3) is 0.577. The number of amides is 1.